The van der Waals surface area contributed by atoms with Crippen LogP contribution in [0.5, 0.6) is 0 Å². The molecule has 0 aliphatic heterocycles. The molecule has 1 N–H and O–H groups in total. The van der Waals surface area contributed by atoms with Crippen LogP contribution in [0.25, 0.3) is 0 Å². The van der Waals surface area contributed by atoms with Crippen molar-refractivity contribution in [3.8, 4) is 0 Å². The summed E-state index contributed by atoms with van der Waals surface area (Å²) in [7, 11) is 1.92. The second-order valence-corrected chi connectivity index (χ2v) is 5.55. The molecule has 19 heavy (non-hydrogen) atoms. The molecule has 0 fully saturated rings. The molecule has 0 radical (unpaired) electrons. The van der Waals surface area contributed by atoms with Crippen molar-refractivity contribution in [2.75, 3.05) is 0 Å². The van der Waals surface area contributed by atoms with Gasteiger partial charge in [-0.25, -0.2) is 0 Å². The second-order valence-electron chi connectivity index (χ2n) is 4.73. The molecule has 0 amide bonds. The van der Waals surface area contributed by atoms with Gasteiger partial charge in [0.2, 0.25) is 0 Å². The summed E-state index contributed by atoms with van der Waals surface area (Å²) in [6.45, 7) is 4.22. The fraction of sp³-hybridized carbons (Fsp3) is 0.357. The Hall–Kier alpha value is -1.03. The quantitative estimate of drug-likeness (QED) is 0.919. The fourth-order valence-corrected chi connectivity index (χ4v) is 2.32. The summed E-state index contributed by atoms with van der Waals surface area (Å²) in [5.41, 5.74) is 2.28. The number of nitrogens with zero attached hydrogens (tertiary/aromatic N) is 2. The highest BCUT2D eigenvalue weighted by atomic mass is 35.5. The molecule has 2 unspecified atom stereocenters. The van der Waals surface area contributed by atoms with E-state index in [-0.39, 0.29) is 12.1 Å². The van der Waals surface area contributed by atoms with Crippen LogP contribution >= 0.6 is 23.2 Å². The molecule has 1 aromatic carbocycles. The Balaban J connectivity index is 2.07. The normalized spacial score (nSPS) is 14.4. The zero-order valence-corrected chi connectivity index (χ0v) is 12.7. The van der Waals surface area contributed by atoms with Gasteiger partial charge in [-0.1, -0.05) is 29.3 Å². The first-order valence-corrected chi connectivity index (χ1v) is 6.92. The summed E-state index contributed by atoms with van der Waals surface area (Å²) in [4.78, 5) is 0. The van der Waals surface area contributed by atoms with Crippen LogP contribution in [0.1, 0.15) is 37.1 Å². The molecule has 1 aromatic heterocycles. The van der Waals surface area contributed by atoms with Crippen molar-refractivity contribution < 1.29 is 0 Å². The molecular formula is C14H17Cl2N3. The fourth-order valence-electron chi connectivity index (χ4n) is 2.01. The molecule has 2 rings (SSSR count). The van der Waals surface area contributed by atoms with Crippen molar-refractivity contribution in [1.29, 1.82) is 0 Å². The molecule has 3 nitrogen and oxygen atoms in total. The third-order valence-electron chi connectivity index (χ3n) is 3.17. The number of aryl methyl sites for hydroxylation is 1. The first-order chi connectivity index (χ1) is 8.97. The van der Waals surface area contributed by atoms with Crippen molar-refractivity contribution in [1.82, 2.24) is 15.1 Å². The van der Waals surface area contributed by atoms with E-state index in [2.05, 4.69) is 24.3 Å². The molecular weight excluding hydrogens is 281 g/mol. The third kappa shape index (κ3) is 3.50. The molecule has 2 atom stereocenters. The monoisotopic (exact) mass is 297 g/mol. The zero-order valence-electron chi connectivity index (χ0n) is 11.2. The van der Waals surface area contributed by atoms with Crippen LogP contribution in [0.3, 0.4) is 0 Å². The van der Waals surface area contributed by atoms with Crippen LogP contribution in [-0.2, 0) is 7.05 Å². The van der Waals surface area contributed by atoms with Gasteiger partial charge in [-0.15, -0.1) is 0 Å². The number of hydrogen-bond donors (Lipinski definition) is 1. The first kappa shape index (κ1) is 14.4. The predicted octanol–water partition coefficient (Wildman–Crippen LogP) is 4.14. The van der Waals surface area contributed by atoms with E-state index in [1.54, 1.807) is 4.68 Å². The van der Waals surface area contributed by atoms with E-state index in [0.717, 1.165) is 11.1 Å². The average molecular weight is 298 g/mol. The minimum Gasteiger partial charge on any atom is -0.304 e. The summed E-state index contributed by atoms with van der Waals surface area (Å²) >= 11 is 12.0. The maximum atomic E-state index is 6.04. The molecule has 2 aromatic rings. The Morgan fingerprint density at radius 1 is 1.11 bits per heavy atom. The smallest absolute Gasteiger partial charge is 0.0595 e. The van der Waals surface area contributed by atoms with Crippen LogP contribution in [0.2, 0.25) is 10.0 Å². The van der Waals surface area contributed by atoms with Crippen molar-refractivity contribution in [3.05, 3.63) is 51.8 Å². The highest BCUT2D eigenvalue weighted by Gasteiger charge is 2.13. The van der Waals surface area contributed by atoms with Gasteiger partial charge in [0.25, 0.3) is 0 Å². The topological polar surface area (TPSA) is 29.9 Å². The molecule has 0 aliphatic carbocycles. The number of halogens is 2. The van der Waals surface area contributed by atoms with Crippen LogP contribution < -0.4 is 5.32 Å². The lowest BCUT2D eigenvalue weighted by atomic mass is 10.1. The van der Waals surface area contributed by atoms with Gasteiger partial charge in [0.05, 0.1) is 16.2 Å². The largest absolute Gasteiger partial charge is 0.304 e. The van der Waals surface area contributed by atoms with Gasteiger partial charge in [0.15, 0.2) is 0 Å². The van der Waals surface area contributed by atoms with E-state index in [9.17, 15) is 0 Å². The molecule has 0 saturated heterocycles. The minimum absolute atomic E-state index is 0.185. The van der Waals surface area contributed by atoms with Gasteiger partial charge >= 0.3 is 0 Å². The average Bonchev–Trinajstić information content (AvgIpc) is 2.79. The van der Waals surface area contributed by atoms with Gasteiger partial charge in [0.1, 0.15) is 0 Å². The van der Waals surface area contributed by atoms with Crippen molar-refractivity contribution in [2.24, 2.45) is 7.05 Å². The lowest BCUT2D eigenvalue weighted by Crippen LogP contribution is -2.22. The van der Waals surface area contributed by atoms with E-state index in [1.807, 2.05) is 37.6 Å². The lowest BCUT2D eigenvalue weighted by Gasteiger charge is -2.20. The van der Waals surface area contributed by atoms with Crippen molar-refractivity contribution in [3.63, 3.8) is 0 Å². The molecule has 0 spiro atoms. The SMILES string of the molecule is CC(NC(C)c1cnn(C)c1)c1ccc(Cl)c(Cl)c1. The molecule has 0 saturated carbocycles. The third-order valence-corrected chi connectivity index (χ3v) is 3.91. The van der Waals surface area contributed by atoms with Gasteiger partial charge in [0, 0.05) is 30.9 Å². The van der Waals surface area contributed by atoms with Crippen LogP contribution in [0, 0.1) is 0 Å². The number of rotatable bonds is 4. The van der Waals surface area contributed by atoms with Gasteiger partial charge in [-0.05, 0) is 31.5 Å². The Morgan fingerprint density at radius 3 is 2.37 bits per heavy atom. The van der Waals surface area contributed by atoms with E-state index >= 15 is 0 Å². The van der Waals surface area contributed by atoms with Crippen LogP contribution in [0.15, 0.2) is 30.6 Å². The van der Waals surface area contributed by atoms with E-state index in [0.29, 0.717) is 10.0 Å². The minimum atomic E-state index is 0.185. The van der Waals surface area contributed by atoms with Crippen molar-refractivity contribution >= 4 is 23.2 Å². The maximum absolute atomic E-state index is 6.04. The van der Waals surface area contributed by atoms with Gasteiger partial charge in [-0.2, -0.15) is 5.10 Å². The standard InChI is InChI=1S/C14H17Cl2N3/c1-9(11-4-5-13(15)14(16)6-11)18-10(2)12-7-17-19(3)8-12/h4-10,18H,1-3H3. The highest BCUT2D eigenvalue weighted by molar-refractivity contribution is 6.42. The summed E-state index contributed by atoms with van der Waals surface area (Å²) in [6, 6.07) is 6.12. The van der Waals surface area contributed by atoms with Gasteiger partial charge in [-0.3, -0.25) is 4.68 Å². The van der Waals surface area contributed by atoms with Crippen LogP contribution in [0.4, 0.5) is 0 Å². The van der Waals surface area contributed by atoms with E-state index in [4.69, 9.17) is 23.2 Å². The zero-order chi connectivity index (χ0) is 14.0. The number of aromatic nitrogens is 2. The first-order valence-electron chi connectivity index (χ1n) is 6.17. The maximum Gasteiger partial charge on any atom is 0.0595 e. The van der Waals surface area contributed by atoms with Crippen molar-refractivity contribution in [2.45, 2.75) is 25.9 Å². The number of benzene rings is 1. The summed E-state index contributed by atoms with van der Waals surface area (Å²) in [6.07, 6.45) is 3.89. The number of nitrogens with one attached hydrogen (secondary N) is 1. The lowest BCUT2D eigenvalue weighted by molar-refractivity contribution is 0.494. The molecule has 0 bridgehead atoms. The molecule has 0 aliphatic rings. The molecule has 5 heteroatoms. The molecule has 102 valence electrons. The second kappa shape index (κ2) is 5.95. The summed E-state index contributed by atoms with van der Waals surface area (Å²) in [5, 5.41) is 8.87. The van der Waals surface area contributed by atoms with E-state index < -0.39 is 0 Å². The van der Waals surface area contributed by atoms with Gasteiger partial charge < -0.3 is 5.32 Å². The summed E-state index contributed by atoms with van der Waals surface area (Å²) in [5.74, 6) is 0. The number of hydrogen-bond acceptors (Lipinski definition) is 2. The summed E-state index contributed by atoms with van der Waals surface area (Å²) < 4.78 is 1.80. The Kier molecular flexibility index (Phi) is 4.50. The Labute approximate surface area is 123 Å². The predicted molar refractivity (Wildman–Crippen MR) is 79.6 cm³/mol. The van der Waals surface area contributed by atoms with E-state index in [1.165, 1.54) is 0 Å². The Morgan fingerprint density at radius 2 is 1.79 bits per heavy atom. The molecule has 1 heterocycles. The Bertz CT molecular complexity index is 566. The highest BCUT2D eigenvalue weighted by Crippen LogP contribution is 2.26. The van der Waals surface area contributed by atoms with Crippen LogP contribution in [-0.4, -0.2) is 9.78 Å².